The van der Waals surface area contributed by atoms with E-state index in [1.165, 1.54) is 11.1 Å². The Morgan fingerprint density at radius 3 is 2.29 bits per heavy atom. The van der Waals surface area contributed by atoms with E-state index in [0.717, 1.165) is 19.3 Å². The smallest absolute Gasteiger partial charge is 0.748 e. The largest absolute Gasteiger partial charge is 1.00 e. The van der Waals surface area contributed by atoms with Gasteiger partial charge in [0.05, 0.1) is 22.6 Å². The van der Waals surface area contributed by atoms with Crippen molar-refractivity contribution >= 4 is 16.1 Å². The Morgan fingerprint density at radius 2 is 1.77 bits per heavy atom. The first kappa shape index (κ1) is 31.0. The van der Waals surface area contributed by atoms with Gasteiger partial charge in [0.2, 0.25) is 0 Å². The molecule has 2 unspecified atom stereocenters. The summed E-state index contributed by atoms with van der Waals surface area (Å²) in [5.41, 5.74) is 2.85. The van der Waals surface area contributed by atoms with Crippen molar-refractivity contribution in [1.29, 1.82) is 0 Å². The maximum Gasteiger partial charge on any atom is 1.00 e. The van der Waals surface area contributed by atoms with Crippen molar-refractivity contribution in [2.24, 2.45) is 5.92 Å². The van der Waals surface area contributed by atoms with E-state index in [0.29, 0.717) is 12.3 Å². The van der Waals surface area contributed by atoms with Crippen LogP contribution >= 0.6 is 0 Å². The summed E-state index contributed by atoms with van der Waals surface area (Å²) < 4.78 is 36.6. The summed E-state index contributed by atoms with van der Waals surface area (Å²) in [5, 5.41) is 0. The third-order valence-electron chi connectivity index (χ3n) is 5.28. The zero-order valence-corrected chi connectivity index (χ0v) is 24.0. The van der Waals surface area contributed by atoms with Gasteiger partial charge in [0.25, 0.3) is 0 Å². The van der Waals surface area contributed by atoms with Crippen molar-refractivity contribution in [2.75, 3.05) is 12.4 Å². The van der Waals surface area contributed by atoms with Gasteiger partial charge < -0.3 is 9.29 Å². The molecule has 0 radical (unpaired) electrons. The van der Waals surface area contributed by atoms with Crippen LogP contribution in [0.4, 0.5) is 0 Å². The molecule has 0 saturated carbocycles. The van der Waals surface area contributed by atoms with Crippen LogP contribution in [0.1, 0.15) is 83.8 Å². The molecule has 0 spiro atoms. The Bertz CT molecular complexity index is 779. The van der Waals surface area contributed by atoms with Gasteiger partial charge in [-0.3, -0.25) is 4.79 Å². The van der Waals surface area contributed by atoms with Crippen LogP contribution in [0.25, 0.3) is 0 Å². The Morgan fingerprint density at radius 1 is 1.16 bits per heavy atom. The van der Waals surface area contributed by atoms with Crippen molar-refractivity contribution in [2.45, 2.75) is 78.1 Å². The molecule has 31 heavy (non-hydrogen) atoms. The van der Waals surface area contributed by atoms with Crippen molar-refractivity contribution in [3.63, 3.8) is 0 Å². The molecule has 1 aromatic carbocycles. The number of benzene rings is 1. The van der Waals surface area contributed by atoms with Crippen LogP contribution < -0.4 is 51.4 Å². The van der Waals surface area contributed by atoms with Crippen LogP contribution in [0.2, 0.25) is 0 Å². The Hall–Kier alpha value is -0.0236. The van der Waals surface area contributed by atoms with E-state index < -0.39 is 15.9 Å². The summed E-state index contributed by atoms with van der Waals surface area (Å²) in [5.74, 6) is -0.632. The number of carbonyl (C=O) groups is 1. The summed E-state index contributed by atoms with van der Waals surface area (Å²) in [6.07, 6.45) is 7.83. The fraction of sp³-hybridized carbons (Fsp3) is 0.625. The molecule has 0 aromatic heterocycles. The van der Waals surface area contributed by atoms with Gasteiger partial charge in [0.15, 0.2) is 0 Å². The summed E-state index contributed by atoms with van der Waals surface area (Å²) in [6.45, 7) is 10.6. The average molecular weight is 477 g/mol. The quantitative estimate of drug-likeness (QED) is 0.152. The summed E-state index contributed by atoms with van der Waals surface area (Å²) in [6, 6.07) is 8.92. The number of esters is 1. The topological polar surface area (TPSA) is 83.5 Å². The number of allylic oxidation sites excluding steroid dienone is 2. The van der Waals surface area contributed by atoms with E-state index in [9.17, 15) is 17.8 Å². The second-order valence-corrected chi connectivity index (χ2v) is 10.5. The second kappa shape index (κ2) is 15.0. The number of ether oxygens (including phenoxy) is 1. The predicted octanol–water partition coefficient (Wildman–Crippen LogP) is 2.32. The molecule has 170 valence electrons. The van der Waals surface area contributed by atoms with Crippen LogP contribution in [0.5, 0.6) is 0 Å². The summed E-state index contributed by atoms with van der Waals surface area (Å²) in [4.78, 5) is 11.9. The van der Waals surface area contributed by atoms with Crippen LogP contribution in [-0.4, -0.2) is 31.3 Å². The number of carbonyl (C=O) groups excluding carboxylic acids is 1. The molecule has 0 amide bonds. The van der Waals surface area contributed by atoms with Crippen LogP contribution in [-0.2, 0) is 25.1 Å². The van der Waals surface area contributed by atoms with E-state index in [-0.39, 0.29) is 81.7 Å². The van der Waals surface area contributed by atoms with E-state index in [1.54, 1.807) is 6.92 Å². The first-order valence-electron chi connectivity index (χ1n) is 10.8. The van der Waals surface area contributed by atoms with E-state index in [4.69, 9.17) is 4.74 Å². The molecule has 0 heterocycles. The minimum absolute atomic E-state index is 0. The van der Waals surface area contributed by atoms with Crippen LogP contribution in [0, 0.1) is 5.92 Å². The van der Waals surface area contributed by atoms with E-state index in [2.05, 4.69) is 64.1 Å². The van der Waals surface area contributed by atoms with Crippen molar-refractivity contribution < 1.29 is 73.9 Å². The van der Waals surface area contributed by atoms with Crippen molar-refractivity contribution in [1.82, 2.24) is 0 Å². The molecule has 0 fully saturated rings. The van der Waals surface area contributed by atoms with Gasteiger partial charge in [-0.25, -0.2) is 8.42 Å². The molecule has 5 nitrogen and oxygen atoms in total. The molecule has 0 N–H and O–H groups in total. The fourth-order valence-corrected chi connectivity index (χ4v) is 3.66. The van der Waals surface area contributed by atoms with Crippen molar-refractivity contribution in [3.05, 3.63) is 47.5 Å². The predicted molar refractivity (Wildman–Crippen MR) is 120 cm³/mol. The van der Waals surface area contributed by atoms with Crippen LogP contribution in [0.3, 0.4) is 0 Å². The van der Waals surface area contributed by atoms with Gasteiger partial charge >= 0.3 is 57.4 Å². The third kappa shape index (κ3) is 13.3. The molecular weight excluding hydrogens is 439 g/mol. The molecule has 0 aliphatic rings. The first-order chi connectivity index (χ1) is 13.9. The summed E-state index contributed by atoms with van der Waals surface area (Å²) in [7, 11) is -4.25. The first-order valence-corrected chi connectivity index (χ1v) is 12.4. The fourth-order valence-electron chi connectivity index (χ4n) is 3.19. The molecule has 1 rings (SSSR count). The van der Waals surface area contributed by atoms with Gasteiger partial charge in [0.1, 0.15) is 0 Å². The molecule has 0 bridgehead atoms. The SMILES string of the molecule is CCC(CC=CCCC(C)C(=O)OCCCS(=O)(=O)[O-])c1ccc(C(C)(C)C)cc1.[K+]. The Kier molecular flexibility index (Phi) is 15.0. The minimum atomic E-state index is -4.25. The Balaban J connectivity index is 0.00000900. The second-order valence-electron chi connectivity index (χ2n) is 8.95. The molecule has 0 saturated heterocycles. The van der Waals surface area contributed by atoms with Gasteiger partial charge in [-0.2, -0.15) is 0 Å². The normalized spacial score (nSPS) is 14.1. The van der Waals surface area contributed by atoms with E-state index in [1.807, 2.05) is 0 Å². The number of hydrogen-bond acceptors (Lipinski definition) is 5. The van der Waals surface area contributed by atoms with Gasteiger partial charge in [-0.15, -0.1) is 0 Å². The average Bonchev–Trinajstić information content (AvgIpc) is 2.66. The Labute approximate surface area is 231 Å². The van der Waals surface area contributed by atoms with Crippen molar-refractivity contribution in [3.8, 4) is 0 Å². The number of rotatable bonds is 12. The molecule has 0 aliphatic heterocycles. The molecule has 2 atom stereocenters. The van der Waals surface area contributed by atoms with E-state index >= 15 is 0 Å². The van der Waals surface area contributed by atoms with Gasteiger partial charge in [-0.1, -0.05) is 71.0 Å². The maximum absolute atomic E-state index is 11.9. The monoisotopic (exact) mass is 476 g/mol. The molecular formula is C24H37KO5S. The zero-order chi connectivity index (χ0) is 22.8. The molecule has 0 aliphatic carbocycles. The number of hydrogen-bond donors (Lipinski definition) is 0. The molecule has 7 heteroatoms. The standard InChI is InChI=1S/C24H38O5S.K/c1-6-20(21-13-15-22(16-14-21)24(3,4)5)12-9-7-8-11-19(2)23(25)29-17-10-18-30(26,27)28;/h7,9,13-16,19-20H,6,8,10-12,17-18H2,1-5H3,(H,26,27,28);/q;+1/p-1. The third-order valence-corrected chi connectivity index (χ3v) is 6.07. The summed E-state index contributed by atoms with van der Waals surface area (Å²) >= 11 is 0. The maximum atomic E-state index is 11.9. The zero-order valence-electron chi connectivity index (χ0n) is 20.0. The van der Waals surface area contributed by atoms with Gasteiger partial charge in [-0.05, 0) is 54.6 Å². The van der Waals surface area contributed by atoms with Gasteiger partial charge in [0, 0.05) is 5.75 Å². The van der Waals surface area contributed by atoms with Crippen LogP contribution in [0.15, 0.2) is 36.4 Å². The minimum Gasteiger partial charge on any atom is -0.748 e. The molecule has 1 aromatic rings.